The number of aliphatic hydroxyl groups is 1. The quantitative estimate of drug-likeness (QED) is 0.124. The fourth-order valence-electron chi connectivity index (χ4n) is 5.07. The van der Waals surface area contributed by atoms with Gasteiger partial charge in [-0.15, -0.1) is 0 Å². The number of carboxylic acid groups (broad SMARTS) is 1. The molecular weight excluding hydrogens is 608 g/mol. The van der Waals surface area contributed by atoms with Gasteiger partial charge < -0.3 is 34.6 Å². The van der Waals surface area contributed by atoms with Crippen LogP contribution in [0.3, 0.4) is 0 Å². The summed E-state index contributed by atoms with van der Waals surface area (Å²) in [7, 11) is 0. The lowest BCUT2D eigenvalue weighted by molar-refractivity contribution is -0.130. The zero-order chi connectivity index (χ0) is 35.4. The zero-order valence-electron chi connectivity index (χ0n) is 27.6. The van der Waals surface area contributed by atoms with Gasteiger partial charge in [0, 0.05) is 11.1 Å². The molecule has 11 nitrogen and oxygen atoms in total. The summed E-state index contributed by atoms with van der Waals surface area (Å²) in [6.07, 6.45) is 9.92. The number of carbonyl (C=O) groups is 4. The summed E-state index contributed by atoms with van der Waals surface area (Å²) in [5, 5.41) is 37.3. The maximum absolute atomic E-state index is 12.4. The lowest BCUT2D eigenvalue weighted by Crippen LogP contribution is -2.31. The molecule has 2 aromatic rings. The molecule has 0 spiro atoms. The third-order valence-electron chi connectivity index (χ3n) is 8.17. The van der Waals surface area contributed by atoms with Gasteiger partial charge in [-0.25, -0.2) is 19.2 Å². The number of hydrogen-bond acceptors (Lipinski definition) is 10. The van der Waals surface area contributed by atoms with Crippen LogP contribution in [0.4, 0.5) is 0 Å². The van der Waals surface area contributed by atoms with Crippen molar-refractivity contribution < 1.29 is 53.8 Å². The molecule has 0 radical (unpaired) electrons. The van der Waals surface area contributed by atoms with Crippen molar-refractivity contribution in [2.24, 2.45) is 0 Å². The molecule has 2 aliphatic rings. The van der Waals surface area contributed by atoms with Crippen LogP contribution < -0.4 is 9.47 Å². The summed E-state index contributed by atoms with van der Waals surface area (Å²) in [4.78, 5) is 45.8. The molecule has 2 aliphatic carbocycles. The SMILES string of the molecule is C=C(C)C(=O)Oc1ccc(O)c(C(=O)O)c1.C=C(C)C(=O)Oc1ccc(O)c(C(=O)OC2(CC)CCCC2)c1.CCC1(O)CCCC1. The van der Waals surface area contributed by atoms with Gasteiger partial charge in [0.05, 0.1) is 5.60 Å². The van der Waals surface area contributed by atoms with E-state index < -0.39 is 29.5 Å². The largest absolute Gasteiger partial charge is 0.507 e. The predicted octanol–water partition coefficient (Wildman–Crippen LogP) is 7.03. The third kappa shape index (κ3) is 11.6. The fourth-order valence-corrected chi connectivity index (χ4v) is 5.07. The van der Waals surface area contributed by atoms with E-state index in [-0.39, 0.29) is 50.9 Å². The van der Waals surface area contributed by atoms with Crippen LogP contribution in [0.1, 0.15) is 113 Å². The molecule has 0 amide bonds. The van der Waals surface area contributed by atoms with Crippen molar-refractivity contribution in [1.82, 2.24) is 0 Å². The van der Waals surface area contributed by atoms with E-state index in [1.165, 1.54) is 51.0 Å². The van der Waals surface area contributed by atoms with E-state index >= 15 is 0 Å². The topological polar surface area (TPSA) is 177 Å². The highest BCUT2D eigenvalue weighted by Gasteiger charge is 2.36. The van der Waals surface area contributed by atoms with Crippen LogP contribution in [0, 0.1) is 0 Å². The van der Waals surface area contributed by atoms with Crippen LogP contribution in [-0.4, -0.2) is 55.5 Å². The maximum Gasteiger partial charge on any atom is 0.342 e. The Labute approximate surface area is 275 Å². The Hall–Kier alpha value is -4.64. The van der Waals surface area contributed by atoms with Crippen molar-refractivity contribution >= 4 is 23.9 Å². The number of benzene rings is 2. The van der Waals surface area contributed by atoms with Gasteiger partial charge in [0.2, 0.25) is 0 Å². The predicted molar refractivity (Wildman–Crippen MR) is 175 cm³/mol. The summed E-state index contributed by atoms with van der Waals surface area (Å²) in [5.74, 6) is -3.51. The van der Waals surface area contributed by atoms with Crippen molar-refractivity contribution in [2.45, 2.75) is 103 Å². The van der Waals surface area contributed by atoms with Crippen LogP contribution in [0.25, 0.3) is 0 Å². The van der Waals surface area contributed by atoms with Gasteiger partial charge in [0.1, 0.15) is 39.7 Å². The fraction of sp³-hybridized carbons (Fsp3) is 0.444. The number of hydrogen-bond donors (Lipinski definition) is 4. The Balaban J connectivity index is 0.000000275. The first-order valence-corrected chi connectivity index (χ1v) is 15.7. The minimum atomic E-state index is -1.30. The summed E-state index contributed by atoms with van der Waals surface area (Å²) >= 11 is 0. The van der Waals surface area contributed by atoms with E-state index in [4.69, 9.17) is 19.3 Å². The molecule has 0 aromatic heterocycles. The second kappa shape index (κ2) is 17.3. The molecule has 0 bridgehead atoms. The molecule has 0 unspecified atom stereocenters. The highest BCUT2D eigenvalue weighted by Crippen LogP contribution is 2.37. The first-order valence-electron chi connectivity index (χ1n) is 15.7. The van der Waals surface area contributed by atoms with E-state index in [1.807, 2.05) is 6.92 Å². The molecular formula is C36H46O11. The monoisotopic (exact) mass is 654 g/mol. The Morgan fingerprint density at radius 2 is 1.15 bits per heavy atom. The molecule has 2 saturated carbocycles. The normalized spacial score (nSPS) is 15.5. The standard InChI is InChI=1S/C18H22O5.C11H10O5.C7H14O/c1-4-18(9-5-6-10-18)23-17(21)14-11-13(7-8-15(14)19)22-16(20)12(2)3;1-6(2)11(15)16-7-3-4-9(12)8(5-7)10(13)14;1-2-7(8)5-3-4-6-7/h7-8,11,19H,2,4-6,9-10H2,1,3H3;3-5,12H,1H2,2H3,(H,13,14);8H,2-6H2,1H3. The van der Waals surface area contributed by atoms with E-state index in [2.05, 4.69) is 20.1 Å². The van der Waals surface area contributed by atoms with E-state index in [1.54, 1.807) is 0 Å². The average molecular weight is 655 g/mol. The van der Waals surface area contributed by atoms with Crippen molar-refractivity contribution in [3.8, 4) is 23.0 Å². The van der Waals surface area contributed by atoms with Gasteiger partial charge in [-0.05, 0) is 102 Å². The summed E-state index contributed by atoms with van der Waals surface area (Å²) in [5.41, 5.74) is -0.597. The number of phenolic OH excluding ortho intramolecular Hbond substituents is 1. The molecule has 2 aromatic carbocycles. The number of carbonyl (C=O) groups excluding carboxylic acids is 3. The minimum absolute atomic E-state index is 0.00302. The van der Waals surface area contributed by atoms with Crippen molar-refractivity contribution in [2.75, 3.05) is 0 Å². The van der Waals surface area contributed by atoms with Crippen molar-refractivity contribution in [3.63, 3.8) is 0 Å². The summed E-state index contributed by atoms with van der Waals surface area (Å²) in [6.45, 7) is 13.9. The molecule has 47 heavy (non-hydrogen) atoms. The summed E-state index contributed by atoms with van der Waals surface area (Å²) in [6, 6.07) is 7.55. The van der Waals surface area contributed by atoms with Crippen molar-refractivity contribution in [3.05, 3.63) is 71.8 Å². The highest BCUT2D eigenvalue weighted by molar-refractivity contribution is 5.94. The number of aromatic carboxylic acids is 1. The van der Waals surface area contributed by atoms with E-state index in [0.29, 0.717) is 0 Å². The average Bonchev–Trinajstić information content (AvgIpc) is 3.69. The number of carboxylic acids is 1. The Bertz CT molecular complexity index is 1460. The second-order valence-electron chi connectivity index (χ2n) is 11.9. The number of aromatic hydroxyl groups is 2. The molecule has 0 saturated heterocycles. The first kappa shape index (κ1) is 38.5. The van der Waals surface area contributed by atoms with Gasteiger partial charge in [0.25, 0.3) is 0 Å². The molecule has 2 fully saturated rings. The molecule has 11 heteroatoms. The molecule has 4 rings (SSSR count). The lowest BCUT2D eigenvalue weighted by atomic mass is 9.98. The molecule has 0 heterocycles. The molecule has 0 aliphatic heterocycles. The zero-order valence-corrected chi connectivity index (χ0v) is 27.6. The smallest absolute Gasteiger partial charge is 0.342 e. The van der Waals surface area contributed by atoms with Crippen LogP contribution in [0.15, 0.2) is 60.7 Å². The maximum atomic E-state index is 12.4. The number of ether oxygens (including phenoxy) is 3. The van der Waals surface area contributed by atoms with Crippen LogP contribution in [0.2, 0.25) is 0 Å². The van der Waals surface area contributed by atoms with Crippen LogP contribution in [-0.2, 0) is 14.3 Å². The van der Waals surface area contributed by atoms with Gasteiger partial charge in [-0.2, -0.15) is 0 Å². The number of phenols is 2. The lowest BCUT2D eigenvalue weighted by Gasteiger charge is -2.27. The minimum Gasteiger partial charge on any atom is -0.507 e. The summed E-state index contributed by atoms with van der Waals surface area (Å²) < 4.78 is 15.6. The highest BCUT2D eigenvalue weighted by atomic mass is 16.6. The van der Waals surface area contributed by atoms with E-state index in [9.17, 15) is 34.5 Å². The molecule has 256 valence electrons. The van der Waals surface area contributed by atoms with E-state index in [0.717, 1.165) is 63.5 Å². The Morgan fingerprint density at radius 3 is 1.53 bits per heavy atom. The Kier molecular flexibility index (Phi) is 14.2. The van der Waals surface area contributed by atoms with Crippen LogP contribution >= 0.6 is 0 Å². The van der Waals surface area contributed by atoms with Crippen LogP contribution in [0.5, 0.6) is 23.0 Å². The molecule has 0 atom stereocenters. The number of rotatable bonds is 9. The van der Waals surface area contributed by atoms with Gasteiger partial charge in [0.15, 0.2) is 0 Å². The van der Waals surface area contributed by atoms with Gasteiger partial charge in [-0.1, -0.05) is 39.8 Å². The Morgan fingerprint density at radius 1 is 0.723 bits per heavy atom. The molecule has 4 N–H and O–H groups in total. The first-order chi connectivity index (χ1) is 22.0. The number of esters is 3. The van der Waals surface area contributed by atoms with Gasteiger partial charge in [-0.3, -0.25) is 0 Å². The van der Waals surface area contributed by atoms with Gasteiger partial charge >= 0.3 is 23.9 Å². The van der Waals surface area contributed by atoms with Crippen molar-refractivity contribution in [1.29, 1.82) is 0 Å². The second-order valence-corrected chi connectivity index (χ2v) is 11.9. The third-order valence-corrected chi connectivity index (χ3v) is 8.17.